The second kappa shape index (κ2) is 10.3. The van der Waals surface area contributed by atoms with Crippen LogP contribution in [0.5, 0.6) is 0 Å². The highest BCUT2D eigenvalue weighted by Crippen LogP contribution is 2.26. The van der Waals surface area contributed by atoms with Gasteiger partial charge >= 0.3 is 16.3 Å². The van der Waals surface area contributed by atoms with E-state index >= 15 is 0 Å². The highest BCUT2D eigenvalue weighted by atomic mass is 32.2. The molecule has 15 heteroatoms. The number of aliphatic hydroxyl groups excluding tert-OH is 1. The first-order chi connectivity index (χ1) is 12.8. The minimum Gasteiger partial charge on any atom is -0.480 e. The van der Waals surface area contributed by atoms with Crippen LogP contribution in [-0.2, 0) is 34.2 Å². The van der Waals surface area contributed by atoms with Crippen molar-refractivity contribution in [1.82, 2.24) is 14.9 Å². The molecule has 14 nitrogen and oxygen atoms in total. The summed E-state index contributed by atoms with van der Waals surface area (Å²) < 4.78 is 35.7. The van der Waals surface area contributed by atoms with E-state index in [1.54, 1.807) is 0 Å². The van der Waals surface area contributed by atoms with Gasteiger partial charge < -0.3 is 31.3 Å². The van der Waals surface area contributed by atoms with Gasteiger partial charge in [0, 0.05) is 20.6 Å². The minimum atomic E-state index is -4.77. The molecule has 1 fully saturated rings. The van der Waals surface area contributed by atoms with Gasteiger partial charge in [0.15, 0.2) is 0 Å². The van der Waals surface area contributed by atoms with Crippen LogP contribution in [-0.4, -0.2) is 89.8 Å². The van der Waals surface area contributed by atoms with Crippen LogP contribution < -0.4 is 16.4 Å². The van der Waals surface area contributed by atoms with Crippen LogP contribution in [0.25, 0.3) is 0 Å². The predicted octanol–water partition coefficient (Wildman–Crippen LogP) is -3.60. The van der Waals surface area contributed by atoms with Crippen molar-refractivity contribution >= 4 is 34.0 Å². The highest BCUT2D eigenvalue weighted by molar-refractivity contribution is 7.84. The van der Waals surface area contributed by atoms with Crippen LogP contribution in [0.2, 0.25) is 0 Å². The third kappa shape index (κ3) is 6.38. The molecule has 162 valence electrons. The maximum absolute atomic E-state index is 12.1. The molecule has 0 saturated carbocycles. The van der Waals surface area contributed by atoms with Gasteiger partial charge in [0.2, 0.25) is 17.5 Å². The average molecular weight is 428 g/mol. The molecule has 0 aromatic carbocycles. The molecule has 1 aliphatic heterocycles. The summed E-state index contributed by atoms with van der Waals surface area (Å²) in [5.74, 6) is -3.96. The zero-order valence-electron chi connectivity index (χ0n) is 15.4. The zero-order valence-corrected chi connectivity index (χ0v) is 16.2. The molecule has 3 atom stereocenters. The number of hydrogen-bond donors (Lipinski definition) is 6. The number of carboxylic acids is 1. The van der Waals surface area contributed by atoms with Gasteiger partial charge in [0.1, 0.15) is 12.1 Å². The van der Waals surface area contributed by atoms with E-state index in [1.165, 1.54) is 6.92 Å². The summed E-state index contributed by atoms with van der Waals surface area (Å²) in [5, 5.41) is 20.1. The Balaban J connectivity index is 0.00000352. The first-order valence-corrected chi connectivity index (χ1v) is 9.13. The number of ether oxygens (including phenoxy) is 1. The minimum absolute atomic E-state index is 0.104. The van der Waals surface area contributed by atoms with E-state index in [9.17, 15) is 27.6 Å². The Labute approximate surface area is 160 Å². The number of β-lactam (4-membered cyclic amide) rings is 1. The molecule has 1 heterocycles. The Morgan fingerprint density at radius 2 is 1.89 bits per heavy atom. The smallest absolute Gasteiger partial charge is 0.362 e. The Bertz CT molecular complexity index is 712. The molecule has 0 bridgehead atoms. The number of nitrogens with zero attached hydrogens (tertiary/aromatic N) is 1. The van der Waals surface area contributed by atoms with Crippen LogP contribution in [0.3, 0.4) is 0 Å². The summed E-state index contributed by atoms with van der Waals surface area (Å²) in [5.41, 5.74) is 3.28. The number of hydrogen-bond acceptors (Lipinski definition) is 9. The molecule has 0 spiro atoms. The fourth-order valence-corrected chi connectivity index (χ4v) is 2.73. The average Bonchev–Trinajstić information content (AvgIpc) is 2.62. The summed E-state index contributed by atoms with van der Waals surface area (Å²) >= 11 is 0. The van der Waals surface area contributed by atoms with Crippen molar-refractivity contribution in [1.29, 1.82) is 0 Å². The Kier molecular flexibility index (Phi) is 9.42. The molecule has 0 radical (unpaired) electrons. The number of amides is 3. The highest BCUT2D eigenvalue weighted by Gasteiger charge is 2.58. The monoisotopic (exact) mass is 428 g/mol. The van der Waals surface area contributed by atoms with E-state index in [2.05, 4.69) is 10.6 Å². The van der Waals surface area contributed by atoms with Gasteiger partial charge in [-0.1, -0.05) is 0 Å². The second-order valence-corrected chi connectivity index (χ2v) is 6.92. The number of aliphatic hydroxyl groups is 1. The molecule has 0 aromatic heterocycles. The van der Waals surface area contributed by atoms with Gasteiger partial charge in [-0.15, -0.1) is 0 Å². The quantitative estimate of drug-likeness (QED) is 0.119. The topological polar surface area (TPSA) is 226 Å². The van der Waals surface area contributed by atoms with Crippen molar-refractivity contribution in [3.63, 3.8) is 0 Å². The summed E-state index contributed by atoms with van der Waals surface area (Å²) in [6, 6.07) is -2.36. The van der Waals surface area contributed by atoms with Crippen molar-refractivity contribution in [3.8, 4) is 0 Å². The van der Waals surface area contributed by atoms with Crippen molar-refractivity contribution < 1.29 is 47.1 Å². The number of carbonyl (C=O) groups is 4. The number of nitrogens with one attached hydrogen (secondary N) is 2. The predicted molar refractivity (Wildman–Crippen MR) is 91.7 cm³/mol. The summed E-state index contributed by atoms with van der Waals surface area (Å²) in [4.78, 5) is 46.2. The molecule has 1 aliphatic rings. The van der Waals surface area contributed by atoms with Crippen LogP contribution in [0.15, 0.2) is 0 Å². The molecular formula is C13H24N4O10S. The van der Waals surface area contributed by atoms with E-state index in [4.69, 9.17) is 25.2 Å². The maximum Gasteiger partial charge on any atom is 0.362 e. The van der Waals surface area contributed by atoms with Crippen molar-refractivity contribution in [2.45, 2.75) is 37.6 Å². The molecule has 1 saturated heterocycles. The molecule has 0 aromatic rings. The van der Waals surface area contributed by atoms with Crippen LogP contribution in [0.4, 0.5) is 0 Å². The molecule has 7 N–H and O–H groups in total. The Morgan fingerprint density at radius 3 is 2.29 bits per heavy atom. The Hall–Kier alpha value is -2.33. The summed E-state index contributed by atoms with van der Waals surface area (Å²) in [6.07, 6.45) is -0.380. The fourth-order valence-electron chi connectivity index (χ4n) is 2.03. The molecule has 0 aliphatic carbocycles. The standard InChI is InChI=1S/C12H20N4O9S.CH4O/c1-6(14-8(17)4-3-7(13)10(19)20)9(18)15-12(25-2)5-16(11(12)21)26(22,23)24;1-2/h6-7H,3-5,13H2,1-2H3,(H,14,17)(H,15,18)(H,19,20)(H,22,23,24);2H,1H3/t6-,7-,12-;/m1./s1. The zero-order chi connectivity index (χ0) is 22.3. The first-order valence-electron chi connectivity index (χ1n) is 7.73. The van der Waals surface area contributed by atoms with E-state index in [0.717, 1.165) is 14.2 Å². The number of nitrogens with two attached hydrogens (primary N) is 1. The lowest BCUT2D eigenvalue weighted by Gasteiger charge is -2.45. The van der Waals surface area contributed by atoms with Crippen molar-refractivity contribution in [3.05, 3.63) is 0 Å². The fraction of sp³-hybridized carbons (Fsp3) is 0.692. The van der Waals surface area contributed by atoms with Gasteiger partial charge in [-0.2, -0.15) is 8.42 Å². The lowest BCUT2D eigenvalue weighted by molar-refractivity contribution is -0.180. The summed E-state index contributed by atoms with van der Waals surface area (Å²) in [6.45, 7) is 0.651. The van der Waals surface area contributed by atoms with Crippen LogP contribution >= 0.6 is 0 Å². The van der Waals surface area contributed by atoms with Crippen molar-refractivity contribution in [2.24, 2.45) is 5.73 Å². The Morgan fingerprint density at radius 1 is 1.36 bits per heavy atom. The van der Waals surface area contributed by atoms with Gasteiger partial charge in [-0.25, -0.2) is 4.31 Å². The third-order valence-corrected chi connectivity index (χ3v) is 4.51. The van der Waals surface area contributed by atoms with Crippen LogP contribution in [0.1, 0.15) is 19.8 Å². The summed E-state index contributed by atoms with van der Waals surface area (Å²) in [7, 11) is -2.72. The van der Waals surface area contributed by atoms with Gasteiger partial charge in [-0.3, -0.25) is 23.7 Å². The number of aliphatic carboxylic acids is 1. The molecule has 0 unspecified atom stereocenters. The van der Waals surface area contributed by atoms with E-state index in [1.807, 2.05) is 0 Å². The largest absolute Gasteiger partial charge is 0.480 e. The maximum atomic E-state index is 12.1. The van der Waals surface area contributed by atoms with Gasteiger partial charge in [-0.05, 0) is 13.3 Å². The molecular weight excluding hydrogens is 404 g/mol. The van der Waals surface area contributed by atoms with Crippen LogP contribution in [0, 0.1) is 0 Å². The van der Waals surface area contributed by atoms with E-state index in [0.29, 0.717) is 0 Å². The molecule has 1 rings (SSSR count). The number of methoxy groups -OCH3 is 1. The second-order valence-electron chi connectivity index (χ2n) is 5.58. The number of rotatable bonds is 9. The first kappa shape index (κ1) is 25.7. The van der Waals surface area contributed by atoms with Gasteiger partial charge in [0.05, 0.1) is 6.54 Å². The lowest BCUT2D eigenvalue weighted by atomic mass is 10.1. The van der Waals surface area contributed by atoms with Gasteiger partial charge in [0.25, 0.3) is 5.91 Å². The number of carboxylic acid groups (broad SMARTS) is 1. The molecule has 28 heavy (non-hydrogen) atoms. The lowest BCUT2D eigenvalue weighted by Crippen LogP contribution is -2.76. The van der Waals surface area contributed by atoms with E-state index < -0.39 is 58.3 Å². The SMILES string of the molecule is CO.CO[C@]1(NC(=O)[C@@H](C)NC(=O)CC[C@@H](N)C(=O)O)CN(S(=O)(=O)O)C1=O. The third-order valence-electron chi connectivity index (χ3n) is 3.66. The normalized spacial score (nSPS) is 20.8. The van der Waals surface area contributed by atoms with Crippen molar-refractivity contribution in [2.75, 3.05) is 20.8 Å². The molecule has 3 amide bonds. The number of carbonyl (C=O) groups excluding carboxylic acids is 3. The van der Waals surface area contributed by atoms with E-state index in [-0.39, 0.29) is 17.1 Å².